The Labute approximate surface area is 202 Å². The molecule has 3 unspecified atom stereocenters. The fraction of sp³-hybridized carbons (Fsp3) is 0.926. The molecule has 0 spiro atoms. The third-order valence-electron chi connectivity index (χ3n) is 8.58. The van der Waals surface area contributed by atoms with E-state index in [1.807, 2.05) is 6.92 Å². The molecular weight excluding hydrogens is 445 g/mol. The molecule has 0 aromatic heterocycles. The van der Waals surface area contributed by atoms with Gasteiger partial charge in [-0.15, -0.1) is 0 Å². The van der Waals surface area contributed by atoms with E-state index >= 15 is 0 Å². The molecule has 196 valence electrons. The highest BCUT2D eigenvalue weighted by Crippen LogP contribution is 2.64. The Balaban J connectivity index is 1.77. The first kappa shape index (κ1) is 27.3. The Morgan fingerprint density at radius 2 is 1.47 bits per heavy atom. The molecule has 0 N–H and O–H groups in total. The average molecular weight is 489 g/mol. The van der Waals surface area contributed by atoms with Crippen molar-refractivity contribution >= 4 is 11.9 Å². The van der Waals surface area contributed by atoms with E-state index in [1.54, 1.807) is 0 Å². The summed E-state index contributed by atoms with van der Waals surface area (Å²) in [5, 5.41) is 0. The minimum absolute atomic E-state index is 0.0655. The van der Waals surface area contributed by atoms with Gasteiger partial charge in [-0.05, 0) is 74.5 Å². The number of carbonyl (C=O) groups is 2. The molecule has 0 amide bonds. The molecule has 7 heteroatoms. The SMILES string of the molecule is CC(C)(C)CC(C)(C(=O)OC12CC3CC(C1)CC(C(=O)OCCCC(F)(F)F)(C3)C2)C(C)(C)C. The van der Waals surface area contributed by atoms with Crippen molar-refractivity contribution in [2.75, 3.05) is 6.61 Å². The van der Waals surface area contributed by atoms with Gasteiger partial charge in [0.05, 0.1) is 17.4 Å². The first-order valence-electron chi connectivity index (χ1n) is 12.8. The van der Waals surface area contributed by atoms with Crippen molar-refractivity contribution < 1.29 is 32.2 Å². The topological polar surface area (TPSA) is 52.6 Å². The normalized spacial score (nSPS) is 32.9. The largest absolute Gasteiger partial charge is 0.465 e. The third-order valence-corrected chi connectivity index (χ3v) is 8.58. The van der Waals surface area contributed by atoms with Crippen LogP contribution in [0, 0.1) is 33.5 Å². The predicted octanol–water partition coefficient (Wildman–Crippen LogP) is 7.24. The smallest absolute Gasteiger partial charge is 0.389 e. The Kier molecular flexibility index (Phi) is 6.98. The summed E-state index contributed by atoms with van der Waals surface area (Å²) < 4.78 is 49.2. The van der Waals surface area contributed by atoms with Crippen LogP contribution in [0.4, 0.5) is 13.2 Å². The predicted molar refractivity (Wildman–Crippen MR) is 124 cm³/mol. The van der Waals surface area contributed by atoms with Gasteiger partial charge in [-0.3, -0.25) is 9.59 Å². The highest BCUT2D eigenvalue weighted by atomic mass is 19.4. The van der Waals surface area contributed by atoms with Crippen molar-refractivity contribution in [2.45, 2.75) is 118 Å². The highest BCUT2D eigenvalue weighted by molar-refractivity contribution is 5.80. The van der Waals surface area contributed by atoms with Crippen molar-refractivity contribution in [1.29, 1.82) is 0 Å². The minimum atomic E-state index is -4.25. The second-order valence-corrected chi connectivity index (χ2v) is 14.0. The number of carbonyl (C=O) groups excluding carboxylic acids is 2. The van der Waals surface area contributed by atoms with Gasteiger partial charge in [-0.1, -0.05) is 41.5 Å². The van der Waals surface area contributed by atoms with Crippen LogP contribution in [0.2, 0.25) is 0 Å². The van der Waals surface area contributed by atoms with Gasteiger partial charge in [0.25, 0.3) is 0 Å². The van der Waals surface area contributed by atoms with Crippen LogP contribution in [-0.2, 0) is 19.1 Å². The van der Waals surface area contributed by atoms with E-state index in [0.29, 0.717) is 25.7 Å². The lowest BCUT2D eigenvalue weighted by Gasteiger charge is -2.60. The van der Waals surface area contributed by atoms with E-state index in [9.17, 15) is 22.8 Å². The van der Waals surface area contributed by atoms with Crippen molar-refractivity contribution in [2.24, 2.45) is 33.5 Å². The maximum Gasteiger partial charge on any atom is 0.389 e. The van der Waals surface area contributed by atoms with Crippen molar-refractivity contribution in [3.05, 3.63) is 0 Å². The van der Waals surface area contributed by atoms with Gasteiger partial charge in [0.2, 0.25) is 0 Å². The number of ether oxygens (including phenoxy) is 2. The van der Waals surface area contributed by atoms with Gasteiger partial charge in [0, 0.05) is 12.8 Å². The Bertz CT molecular complexity index is 775. The Morgan fingerprint density at radius 1 is 0.912 bits per heavy atom. The van der Waals surface area contributed by atoms with E-state index in [4.69, 9.17) is 9.47 Å². The zero-order valence-corrected chi connectivity index (χ0v) is 22.0. The van der Waals surface area contributed by atoms with Crippen LogP contribution in [0.25, 0.3) is 0 Å². The number of hydrogen-bond donors (Lipinski definition) is 0. The summed E-state index contributed by atoms with van der Waals surface area (Å²) >= 11 is 0. The molecule has 0 radical (unpaired) electrons. The molecule has 4 bridgehead atoms. The summed E-state index contributed by atoms with van der Waals surface area (Å²) in [5.41, 5.74) is -2.50. The average Bonchev–Trinajstić information content (AvgIpc) is 2.60. The highest BCUT2D eigenvalue weighted by Gasteiger charge is 2.64. The van der Waals surface area contributed by atoms with E-state index < -0.39 is 35.0 Å². The van der Waals surface area contributed by atoms with Crippen LogP contribution >= 0.6 is 0 Å². The molecule has 0 saturated heterocycles. The third kappa shape index (κ3) is 5.75. The Hall–Kier alpha value is -1.27. The molecule has 0 aromatic rings. The molecular formula is C27H43F3O4. The number of rotatable bonds is 7. The van der Waals surface area contributed by atoms with Crippen LogP contribution < -0.4 is 0 Å². The lowest BCUT2D eigenvalue weighted by molar-refractivity contribution is -0.223. The maximum absolute atomic E-state index is 13.8. The molecule has 4 aliphatic carbocycles. The second-order valence-electron chi connectivity index (χ2n) is 14.0. The molecule has 4 saturated carbocycles. The Morgan fingerprint density at radius 3 is 1.94 bits per heavy atom. The monoisotopic (exact) mass is 488 g/mol. The zero-order valence-electron chi connectivity index (χ0n) is 22.0. The van der Waals surface area contributed by atoms with Crippen LogP contribution in [0.1, 0.15) is 106 Å². The first-order chi connectivity index (χ1) is 15.3. The van der Waals surface area contributed by atoms with E-state index in [0.717, 1.165) is 19.3 Å². The van der Waals surface area contributed by atoms with E-state index in [-0.39, 0.29) is 41.7 Å². The number of alkyl halides is 3. The first-order valence-corrected chi connectivity index (χ1v) is 12.8. The summed E-state index contributed by atoms with van der Waals surface area (Å²) in [5.74, 6) is -0.0522. The van der Waals surface area contributed by atoms with Crippen molar-refractivity contribution in [1.82, 2.24) is 0 Å². The van der Waals surface area contributed by atoms with E-state index in [1.165, 1.54) is 0 Å². The van der Waals surface area contributed by atoms with Gasteiger partial charge >= 0.3 is 18.1 Å². The van der Waals surface area contributed by atoms with Crippen LogP contribution in [0.5, 0.6) is 0 Å². The quantitative estimate of drug-likeness (QED) is 0.280. The van der Waals surface area contributed by atoms with Crippen LogP contribution in [-0.4, -0.2) is 30.3 Å². The van der Waals surface area contributed by atoms with Crippen molar-refractivity contribution in [3.63, 3.8) is 0 Å². The molecule has 4 nitrogen and oxygen atoms in total. The molecule has 0 heterocycles. The molecule has 0 aromatic carbocycles. The standard InChI is InChI=1S/C27H43F3O4/c1-22(2,3)16-24(7,23(4,5)6)20(31)34-26-14-18-11-19(15-26)13-25(12-18,17-26)21(32)33-10-8-9-27(28,29)30/h18-19H,8-17H2,1-7H3. The second kappa shape index (κ2) is 8.69. The number of esters is 2. The summed E-state index contributed by atoms with van der Waals surface area (Å²) in [6.45, 7) is 14.3. The molecule has 4 rings (SSSR count). The van der Waals surface area contributed by atoms with Gasteiger partial charge in [0.15, 0.2) is 0 Å². The molecule has 4 aliphatic rings. The van der Waals surface area contributed by atoms with Gasteiger partial charge in [0.1, 0.15) is 5.60 Å². The lowest BCUT2D eigenvalue weighted by atomic mass is 9.47. The molecule has 3 atom stereocenters. The summed E-state index contributed by atoms with van der Waals surface area (Å²) in [6.07, 6.45) is -0.446. The molecule has 0 aliphatic heterocycles. The number of hydrogen-bond acceptors (Lipinski definition) is 4. The molecule has 34 heavy (non-hydrogen) atoms. The summed E-state index contributed by atoms with van der Waals surface area (Å²) in [6, 6.07) is 0. The van der Waals surface area contributed by atoms with Crippen molar-refractivity contribution in [3.8, 4) is 0 Å². The fourth-order valence-electron chi connectivity index (χ4n) is 7.14. The fourth-order valence-corrected chi connectivity index (χ4v) is 7.14. The van der Waals surface area contributed by atoms with Gasteiger partial charge in [-0.25, -0.2) is 0 Å². The van der Waals surface area contributed by atoms with E-state index in [2.05, 4.69) is 41.5 Å². The number of halogens is 3. The summed E-state index contributed by atoms with van der Waals surface area (Å²) in [7, 11) is 0. The van der Waals surface area contributed by atoms with Gasteiger partial charge < -0.3 is 9.47 Å². The van der Waals surface area contributed by atoms with Crippen LogP contribution in [0.3, 0.4) is 0 Å². The lowest BCUT2D eigenvalue weighted by Crippen LogP contribution is -2.61. The maximum atomic E-state index is 13.8. The minimum Gasteiger partial charge on any atom is -0.465 e. The summed E-state index contributed by atoms with van der Waals surface area (Å²) in [4.78, 5) is 27.0. The van der Waals surface area contributed by atoms with Crippen LogP contribution in [0.15, 0.2) is 0 Å². The van der Waals surface area contributed by atoms with Gasteiger partial charge in [-0.2, -0.15) is 13.2 Å². The molecule has 4 fully saturated rings. The zero-order chi connectivity index (χ0) is 25.8.